The van der Waals surface area contributed by atoms with Gasteiger partial charge in [0.2, 0.25) is 29.5 Å². The summed E-state index contributed by atoms with van der Waals surface area (Å²) in [4.78, 5) is 99.0. The van der Waals surface area contributed by atoms with Crippen LogP contribution in [-0.2, 0) is 40.0 Å². The van der Waals surface area contributed by atoms with Gasteiger partial charge in [-0.05, 0) is 110 Å². The van der Waals surface area contributed by atoms with Crippen LogP contribution in [0.4, 0.5) is 0 Å². The van der Waals surface area contributed by atoms with Crippen molar-refractivity contribution in [3.05, 3.63) is 33.8 Å². The summed E-state index contributed by atoms with van der Waals surface area (Å²) in [6, 6.07) is -1.35. The molecule has 2 aliphatic rings. The van der Waals surface area contributed by atoms with E-state index in [1.165, 1.54) is 0 Å². The quantitative estimate of drug-likeness (QED) is 0.223. The molecular weight excluding hydrogens is 798 g/mol. The first kappa shape index (κ1) is 47.3. The van der Waals surface area contributed by atoms with Gasteiger partial charge in [-0.1, -0.05) is 50.0 Å². The third kappa shape index (κ3) is 14.1. The lowest BCUT2D eigenvalue weighted by molar-refractivity contribution is -0.156. The van der Waals surface area contributed by atoms with Crippen molar-refractivity contribution in [3.8, 4) is 0 Å². The van der Waals surface area contributed by atoms with Gasteiger partial charge in [-0.2, -0.15) is 0 Å². The van der Waals surface area contributed by atoms with Gasteiger partial charge in [0, 0.05) is 22.1 Å². The fourth-order valence-electron chi connectivity index (χ4n) is 6.99. The van der Waals surface area contributed by atoms with Crippen molar-refractivity contribution >= 4 is 57.3 Å². The summed E-state index contributed by atoms with van der Waals surface area (Å²) in [7, 11) is 0. The van der Waals surface area contributed by atoms with Gasteiger partial charge in [-0.15, -0.1) is 0 Å². The minimum absolute atomic E-state index is 0.0582. The second-order valence-corrected chi connectivity index (χ2v) is 18.6. The summed E-state index contributed by atoms with van der Waals surface area (Å²) in [5, 5.41) is 17.2. The number of hydrogen-bond donors (Lipinski definition) is 6. The number of nitrogens with one attached hydrogen (secondary N) is 6. The largest absolute Gasteiger partial charge is 0.460 e. The van der Waals surface area contributed by atoms with E-state index in [2.05, 4.69) is 47.8 Å². The molecule has 0 saturated carbocycles. The minimum atomic E-state index is -1.48. The molecule has 6 amide bonds. The first-order valence-corrected chi connectivity index (χ1v) is 20.8. The Morgan fingerprint density at radius 1 is 0.912 bits per heavy atom. The Balaban J connectivity index is 2.16. The summed E-state index contributed by atoms with van der Waals surface area (Å²) in [6.45, 7) is 20.1. The lowest BCUT2D eigenvalue weighted by atomic mass is 9.96. The van der Waals surface area contributed by atoms with Crippen LogP contribution in [0.5, 0.6) is 0 Å². The molecule has 0 aliphatic carbocycles. The van der Waals surface area contributed by atoms with E-state index < -0.39 is 89.3 Å². The van der Waals surface area contributed by atoms with Crippen molar-refractivity contribution in [2.45, 2.75) is 162 Å². The van der Waals surface area contributed by atoms with Crippen LogP contribution in [0.25, 0.3) is 0 Å². The molecule has 2 heterocycles. The van der Waals surface area contributed by atoms with Gasteiger partial charge >= 0.3 is 5.97 Å². The highest BCUT2D eigenvalue weighted by molar-refractivity contribution is 9.10. The van der Waals surface area contributed by atoms with Crippen LogP contribution in [0.15, 0.2) is 22.7 Å². The molecule has 2 aliphatic heterocycles. The molecule has 2 bridgehead atoms. The van der Waals surface area contributed by atoms with Crippen LogP contribution in [0.2, 0.25) is 0 Å². The molecule has 57 heavy (non-hydrogen) atoms. The zero-order chi connectivity index (χ0) is 43.0. The summed E-state index contributed by atoms with van der Waals surface area (Å²) in [5.41, 5.74) is -0.682. The van der Waals surface area contributed by atoms with E-state index in [1.807, 2.05) is 41.5 Å². The Labute approximate surface area is 345 Å². The van der Waals surface area contributed by atoms with Gasteiger partial charge in [0.25, 0.3) is 5.91 Å². The highest BCUT2D eigenvalue weighted by atomic mass is 79.9. The number of nitrogens with zero attached hydrogens (tertiary/aromatic N) is 1. The number of carbonyl (C=O) groups excluding carboxylic acids is 7. The summed E-state index contributed by atoms with van der Waals surface area (Å²) < 4.78 is 6.15. The maximum Gasteiger partial charge on any atom is 0.308 e. The number of fused-ring (bicyclic) bond motifs is 3. The Hall–Kier alpha value is -4.05. The van der Waals surface area contributed by atoms with Crippen LogP contribution >= 0.6 is 15.9 Å². The molecule has 7 atom stereocenters. The molecular formula is C41H64BrN7O8. The van der Waals surface area contributed by atoms with Gasteiger partial charge in [0.05, 0.1) is 18.5 Å². The van der Waals surface area contributed by atoms with E-state index in [1.54, 1.807) is 57.7 Å². The number of ether oxygens (including phenoxy) is 1. The number of carbonyl (C=O) groups is 7. The van der Waals surface area contributed by atoms with E-state index in [4.69, 9.17) is 4.74 Å². The Bertz CT molecular complexity index is 1660. The zero-order valence-corrected chi connectivity index (χ0v) is 37.0. The smallest absolute Gasteiger partial charge is 0.308 e. The second kappa shape index (κ2) is 20.1. The van der Waals surface area contributed by atoms with Crippen LogP contribution in [0.3, 0.4) is 0 Å². The first-order chi connectivity index (χ1) is 26.4. The average molecular weight is 863 g/mol. The number of halogens is 1. The molecule has 6 N–H and O–H groups in total. The SMILES string of the molecule is CC[C@H](C)[C@@H]1NC(=O)[C@H](CC(=O)OC(C)(C)C)NC(=O)[C@H](CC(C)C)NC(=O)c2ccc(Br)c(c2)CNC(=O)[C@@H]2CCCN2C(C(=O)NC(C)(C)C)[C@H](C)NC1=O. The van der Waals surface area contributed by atoms with E-state index >= 15 is 0 Å². The van der Waals surface area contributed by atoms with Crippen molar-refractivity contribution in [2.24, 2.45) is 11.8 Å². The molecule has 0 spiro atoms. The van der Waals surface area contributed by atoms with Crippen LogP contribution in [0.1, 0.15) is 124 Å². The first-order valence-electron chi connectivity index (χ1n) is 20.0. The monoisotopic (exact) mass is 861 g/mol. The molecule has 1 saturated heterocycles. The molecule has 3 rings (SSSR count). The normalized spacial score (nSPS) is 25.5. The number of amides is 6. The van der Waals surface area contributed by atoms with Crippen LogP contribution in [-0.4, -0.2) is 100 Å². The van der Waals surface area contributed by atoms with E-state index in [9.17, 15) is 33.6 Å². The summed E-state index contributed by atoms with van der Waals surface area (Å²) in [5.74, 6) is -4.59. The maximum atomic E-state index is 14.2. The second-order valence-electron chi connectivity index (χ2n) is 17.8. The highest BCUT2D eigenvalue weighted by Gasteiger charge is 2.43. The van der Waals surface area contributed by atoms with Gasteiger partial charge in [-0.3, -0.25) is 38.5 Å². The van der Waals surface area contributed by atoms with Crippen molar-refractivity contribution < 1.29 is 38.3 Å². The van der Waals surface area contributed by atoms with Gasteiger partial charge in [-0.25, -0.2) is 0 Å². The predicted octanol–water partition coefficient (Wildman–Crippen LogP) is 3.22. The van der Waals surface area contributed by atoms with Gasteiger partial charge in [0.15, 0.2) is 0 Å². The summed E-state index contributed by atoms with van der Waals surface area (Å²) in [6.07, 6.45) is 1.22. The molecule has 1 unspecified atom stereocenters. The topological polar surface area (TPSA) is 204 Å². The molecule has 0 aromatic heterocycles. The lowest BCUT2D eigenvalue weighted by Crippen LogP contribution is -2.64. The van der Waals surface area contributed by atoms with E-state index in [0.717, 1.165) is 0 Å². The van der Waals surface area contributed by atoms with E-state index in [0.29, 0.717) is 35.8 Å². The predicted molar refractivity (Wildman–Crippen MR) is 219 cm³/mol. The number of hydrogen-bond acceptors (Lipinski definition) is 9. The Morgan fingerprint density at radius 2 is 1.56 bits per heavy atom. The zero-order valence-electron chi connectivity index (χ0n) is 35.4. The molecule has 1 aromatic rings. The maximum absolute atomic E-state index is 14.2. The number of benzene rings is 1. The number of esters is 1. The third-order valence-electron chi connectivity index (χ3n) is 9.87. The van der Waals surface area contributed by atoms with Gasteiger partial charge < -0.3 is 36.6 Å². The number of rotatable bonds is 7. The fourth-order valence-corrected chi connectivity index (χ4v) is 7.38. The van der Waals surface area contributed by atoms with Crippen molar-refractivity contribution in [2.75, 3.05) is 6.54 Å². The van der Waals surface area contributed by atoms with Crippen molar-refractivity contribution in [1.29, 1.82) is 0 Å². The minimum Gasteiger partial charge on any atom is -0.460 e. The van der Waals surface area contributed by atoms with E-state index in [-0.39, 0.29) is 36.3 Å². The molecule has 0 radical (unpaired) electrons. The Morgan fingerprint density at radius 3 is 2.16 bits per heavy atom. The van der Waals surface area contributed by atoms with Gasteiger partial charge in [0.1, 0.15) is 29.8 Å². The lowest BCUT2D eigenvalue weighted by Gasteiger charge is -2.38. The van der Waals surface area contributed by atoms with Crippen LogP contribution in [0, 0.1) is 11.8 Å². The average Bonchev–Trinajstić information content (AvgIpc) is 3.56. The molecule has 318 valence electrons. The highest BCUT2D eigenvalue weighted by Crippen LogP contribution is 2.25. The van der Waals surface area contributed by atoms with Crippen molar-refractivity contribution in [1.82, 2.24) is 36.8 Å². The molecule has 1 fully saturated rings. The Kier molecular flexibility index (Phi) is 16.7. The standard InChI is InChI=1S/C41H64BrN7O8/c1-12-23(4)32-38(55)44-24(5)33(39(56)48-40(6,7)8)49-17-13-14-30(49)37(54)43-21-26-19-25(15-16-27(26)42)34(51)45-28(18-22(2)3)35(52)46-29(36(53)47-32)20-31(50)57-41(9,10)11/h15-16,19,22-24,28-30,32-33H,12-14,17-18,20-21H2,1-11H3,(H,43,54)(H,44,55)(H,45,51)(H,46,52)(H,47,53)(H,48,56)/t23-,24-,28-,29-,30-,32-,33?/m0/s1. The summed E-state index contributed by atoms with van der Waals surface area (Å²) >= 11 is 3.52. The van der Waals surface area contributed by atoms with Crippen molar-refractivity contribution in [3.63, 3.8) is 0 Å². The molecule has 16 heteroatoms. The fraction of sp³-hybridized carbons (Fsp3) is 0.683. The van der Waals surface area contributed by atoms with Crippen LogP contribution < -0.4 is 31.9 Å². The molecule has 1 aromatic carbocycles. The molecule has 15 nitrogen and oxygen atoms in total. The third-order valence-corrected chi connectivity index (χ3v) is 10.6.